The van der Waals surface area contributed by atoms with Gasteiger partial charge in [0.05, 0.1) is 6.61 Å². The molecule has 1 aliphatic carbocycles. The number of rotatable bonds is 2. The number of hydrogen-bond acceptors (Lipinski definition) is 2. The van der Waals surface area contributed by atoms with Crippen molar-refractivity contribution in [2.24, 2.45) is 0 Å². The molecule has 1 aromatic rings. The molecule has 2 rings (SSSR count). The molecular weight excluding hydrogens is 186 g/mol. The van der Waals surface area contributed by atoms with E-state index < -0.39 is 0 Å². The fourth-order valence-corrected chi connectivity index (χ4v) is 2.27. The molecule has 0 saturated carbocycles. The largest absolute Gasteiger partial charge is 0.493 e. The van der Waals surface area contributed by atoms with Crippen molar-refractivity contribution < 1.29 is 4.74 Å². The van der Waals surface area contributed by atoms with E-state index in [1.54, 1.807) is 0 Å². The van der Waals surface area contributed by atoms with Crippen LogP contribution in [0, 0.1) is 13.8 Å². The van der Waals surface area contributed by atoms with Crippen molar-refractivity contribution in [1.82, 2.24) is 4.98 Å². The summed E-state index contributed by atoms with van der Waals surface area (Å²) < 4.78 is 5.78. The average Bonchev–Trinajstić information content (AvgIpc) is 2.25. The highest BCUT2D eigenvalue weighted by molar-refractivity contribution is 5.46. The minimum absolute atomic E-state index is 0.747. The fraction of sp³-hybridized carbons (Fsp3) is 0.615. The first-order chi connectivity index (χ1) is 7.24. The number of aryl methyl sites for hydroxylation is 2. The first-order valence-corrected chi connectivity index (χ1v) is 5.85. The van der Waals surface area contributed by atoms with Gasteiger partial charge in [-0.2, -0.15) is 0 Å². The van der Waals surface area contributed by atoms with E-state index in [4.69, 9.17) is 4.74 Å². The SMILES string of the molecule is CCOc1c(C)c(C)nc2c1CCCC2. The second-order valence-corrected chi connectivity index (χ2v) is 4.22. The van der Waals surface area contributed by atoms with Gasteiger partial charge < -0.3 is 4.74 Å². The lowest BCUT2D eigenvalue weighted by Gasteiger charge is -2.21. The maximum absolute atomic E-state index is 5.78. The molecule has 0 N–H and O–H groups in total. The Hall–Kier alpha value is -1.05. The molecule has 0 spiro atoms. The minimum atomic E-state index is 0.747. The minimum Gasteiger partial charge on any atom is -0.493 e. The van der Waals surface area contributed by atoms with Gasteiger partial charge in [-0.05, 0) is 46.5 Å². The van der Waals surface area contributed by atoms with E-state index in [1.807, 2.05) is 6.92 Å². The normalized spacial score (nSPS) is 14.9. The van der Waals surface area contributed by atoms with Crippen LogP contribution in [0.2, 0.25) is 0 Å². The fourth-order valence-electron chi connectivity index (χ4n) is 2.27. The van der Waals surface area contributed by atoms with Crippen LogP contribution in [0.4, 0.5) is 0 Å². The smallest absolute Gasteiger partial charge is 0.128 e. The van der Waals surface area contributed by atoms with E-state index in [-0.39, 0.29) is 0 Å². The molecule has 0 atom stereocenters. The maximum Gasteiger partial charge on any atom is 0.128 e. The topological polar surface area (TPSA) is 22.1 Å². The third kappa shape index (κ3) is 1.85. The average molecular weight is 205 g/mol. The molecule has 0 aromatic carbocycles. The van der Waals surface area contributed by atoms with Gasteiger partial charge in [0, 0.05) is 22.5 Å². The van der Waals surface area contributed by atoms with Crippen LogP contribution in [0.5, 0.6) is 5.75 Å². The van der Waals surface area contributed by atoms with E-state index in [1.165, 1.54) is 29.7 Å². The van der Waals surface area contributed by atoms with Crippen molar-refractivity contribution in [3.63, 3.8) is 0 Å². The second kappa shape index (κ2) is 4.21. The van der Waals surface area contributed by atoms with Crippen molar-refractivity contribution in [1.29, 1.82) is 0 Å². The van der Waals surface area contributed by atoms with Gasteiger partial charge in [-0.15, -0.1) is 0 Å². The Morgan fingerprint density at radius 2 is 1.93 bits per heavy atom. The Morgan fingerprint density at radius 3 is 2.67 bits per heavy atom. The van der Waals surface area contributed by atoms with E-state index in [9.17, 15) is 0 Å². The van der Waals surface area contributed by atoms with Crippen molar-refractivity contribution in [3.05, 3.63) is 22.5 Å². The molecule has 15 heavy (non-hydrogen) atoms. The van der Waals surface area contributed by atoms with E-state index in [2.05, 4.69) is 18.8 Å². The van der Waals surface area contributed by atoms with Crippen LogP contribution < -0.4 is 4.74 Å². The van der Waals surface area contributed by atoms with E-state index in [0.717, 1.165) is 30.9 Å². The van der Waals surface area contributed by atoms with Crippen molar-refractivity contribution in [3.8, 4) is 5.75 Å². The molecular formula is C13H19NO. The highest BCUT2D eigenvalue weighted by Gasteiger charge is 2.18. The maximum atomic E-state index is 5.78. The Morgan fingerprint density at radius 1 is 1.20 bits per heavy atom. The molecule has 0 fully saturated rings. The number of aromatic nitrogens is 1. The zero-order valence-corrected chi connectivity index (χ0v) is 9.89. The molecule has 0 bridgehead atoms. The summed E-state index contributed by atoms with van der Waals surface area (Å²) in [4.78, 5) is 4.68. The predicted molar refractivity (Wildman–Crippen MR) is 61.5 cm³/mol. The zero-order chi connectivity index (χ0) is 10.8. The molecule has 1 aromatic heterocycles. The first kappa shape index (κ1) is 10.5. The van der Waals surface area contributed by atoms with E-state index >= 15 is 0 Å². The van der Waals surface area contributed by atoms with Crippen LogP contribution in [0.15, 0.2) is 0 Å². The lowest BCUT2D eigenvalue weighted by atomic mass is 9.93. The Kier molecular flexibility index (Phi) is 2.94. The van der Waals surface area contributed by atoms with Gasteiger partial charge in [0.15, 0.2) is 0 Å². The van der Waals surface area contributed by atoms with Crippen molar-refractivity contribution in [2.45, 2.75) is 46.5 Å². The summed E-state index contributed by atoms with van der Waals surface area (Å²) in [6, 6.07) is 0. The number of nitrogens with zero attached hydrogens (tertiary/aromatic N) is 1. The van der Waals surface area contributed by atoms with Crippen LogP contribution in [0.1, 0.15) is 42.3 Å². The molecule has 1 aliphatic rings. The van der Waals surface area contributed by atoms with Crippen LogP contribution in [-0.2, 0) is 12.8 Å². The van der Waals surface area contributed by atoms with Gasteiger partial charge in [-0.3, -0.25) is 4.98 Å². The van der Waals surface area contributed by atoms with Crippen molar-refractivity contribution in [2.75, 3.05) is 6.61 Å². The van der Waals surface area contributed by atoms with Gasteiger partial charge in [0.25, 0.3) is 0 Å². The summed E-state index contributed by atoms with van der Waals surface area (Å²) in [6.07, 6.45) is 4.81. The summed E-state index contributed by atoms with van der Waals surface area (Å²) in [5.74, 6) is 1.11. The van der Waals surface area contributed by atoms with Gasteiger partial charge >= 0.3 is 0 Å². The lowest BCUT2D eigenvalue weighted by molar-refractivity contribution is 0.331. The molecule has 1 heterocycles. The van der Waals surface area contributed by atoms with Crippen LogP contribution in [0.3, 0.4) is 0 Å². The van der Waals surface area contributed by atoms with Crippen LogP contribution >= 0.6 is 0 Å². The van der Waals surface area contributed by atoms with Gasteiger partial charge in [-0.1, -0.05) is 0 Å². The summed E-state index contributed by atoms with van der Waals surface area (Å²) in [5, 5.41) is 0. The Labute approximate surface area is 91.7 Å². The third-order valence-corrected chi connectivity index (χ3v) is 3.19. The molecule has 0 saturated heterocycles. The molecule has 0 amide bonds. The molecule has 0 aliphatic heterocycles. The standard InChI is InChI=1S/C13H19NO/c1-4-15-13-9(2)10(3)14-12-8-6-5-7-11(12)13/h4-8H2,1-3H3. The number of pyridine rings is 1. The first-order valence-electron chi connectivity index (χ1n) is 5.85. The highest BCUT2D eigenvalue weighted by Crippen LogP contribution is 2.32. The Bertz CT molecular complexity index is 371. The van der Waals surface area contributed by atoms with Crippen molar-refractivity contribution >= 4 is 0 Å². The van der Waals surface area contributed by atoms with Crippen LogP contribution in [0.25, 0.3) is 0 Å². The Balaban J connectivity index is 2.52. The molecule has 82 valence electrons. The monoisotopic (exact) mass is 205 g/mol. The zero-order valence-electron chi connectivity index (χ0n) is 9.89. The summed E-state index contributed by atoms with van der Waals surface area (Å²) >= 11 is 0. The lowest BCUT2D eigenvalue weighted by Crippen LogP contribution is -2.11. The summed E-state index contributed by atoms with van der Waals surface area (Å²) in [5.41, 5.74) is 4.98. The highest BCUT2D eigenvalue weighted by atomic mass is 16.5. The van der Waals surface area contributed by atoms with E-state index in [0.29, 0.717) is 0 Å². The molecule has 2 nitrogen and oxygen atoms in total. The third-order valence-electron chi connectivity index (χ3n) is 3.19. The number of ether oxygens (including phenoxy) is 1. The number of fused-ring (bicyclic) bond motifs is 1. The van der Waals surface area contributed by atoms with Gasteiger partial charge in [0.2, 0.25) is 0 Å². The number of hydrogen-bond donors (Lipinski definition) is 0. The quantitative estimate of drug-likeness (QED) is 0.740. The molecule has 2 heteroatoms. The second-order valence-electron chi connectivity index (χ2n) is 4.22. The molecule has 0 radical (unpaired) electrons. The van der Waals surface area contributed by atoms with Gasteiger partial charge in [-0.25, -0.2) is 0 Å². The summed E-state index contributed by atoms with van der Waals surface area (Å²) in [6.45, 7) is 6.98. The van der Waals surface area contributed by atoms with Gasteiger partial charge in [0.1, 0.15) is 5.75 Å². The summed E-state index contributed by atoms with van der Waals surface area (Å²) in [7, 11) is 0. The molecule has 0 unspecified atom stereocenters. The predicted octanol–water partition coefficient (Wildman–Crippen LogP) is 2.98. The van der Waals surface area contributed by atoms with Crippen LogP contribution in [-0.4, -0.2) is 11.6 Å².